The molecule has 0 radical (unpaired) electrons. The molecule has 0 fully saturated rings. The van der Waals surface area contributed by atoms with Crippen LogP contribution in [0, 0.1) is 12.8 Å². The first-order valence-corrected chi connectivity index (χ1v) is 8.50. The average molecular weight is 300 g/mol. The van der Waals surface area contributed by atoms with Crippen LogP contribution >= 0.6 is 0 Å². The van der Waals surface area contributed by atoms with Crippen molar-refractivity contribution >= 4 is 16.8 Å². The van der Waals surface area contributed by atoms with Gasteiger partial charge in [0, 0.05) is 29.6 Å². The van der Waals surface area contributed by atoms with E-state index in [4.69, 9.17) is 0 Å². The molecule has 0 spiro atoms. The molecular formula is C19H28N2O. The van der Waals surface area contributed by atoms with Crippen LogP contribution in [0.15, 0.2) is 24.4 Å². The Bertz CT molecular complexity index is 615. The smallest absolute Gasteiger partial charge is 0.223 e. The van der Waals surface area contributed by atoms with Gasteiger partial charge in [-0.05, 0) is 43.9 Å². The Morgan fingerprint density at radius 2 is 2.14 bits per heavy atom. The van der Waals surface area contributed by atoms with E-state index in [0.717, 1.165) is 32.1 Å². The molecule has 1 aromatic heterocycles. The van der Waals surface area contributed by atoms with E-state index in [9.17, 15) is 4.79 Å². The number of H-pyrrole nitrogens is 1. The van der Waals surface area contributed by atoms with Crippen LogP contribution in [0.1, 0.15) is 50.7 Å². The maximum atomic E-state index is 12.2. The third-order valence-corrected chi connectivity index (χ3v) is 4.39. The van der Waals surface area contributed by atoms with Crippen molar-refractivity contribution < 1.29 is 4.79 Å². The maximum absolute atomic E-state index is 12.2. The van der Waals surface area contributed by atoms with Crippen LogP contribution in [0.4, 0.5) is 0 Å². The molecule has 0 bridgehead atoms. The Morgan fingerprint density at radius 1 is 1.32 bits per heavy atom. The van der Waals surface area contributed by atoms with Gasteiger partial charge in [0.1, 0.15) is 0 Å². The first-order valence-electron chi connectivity index (χ1n) is 8.50. The monoisotopic (exact) mass is 300 g/mol. The number of aromatic nitrogens is 1. The van der Waals surface area contributed by atoms with Crippen molar-refractivity contribution in [3.63, 3.8) is 0 Å². The van der Waals surface area contributed by atoms with Crippen LogP contribution in [0.3, 0.4) is 0 Å². The molecule has 120 valence electrons. The summed E-state index contributed by atoms with van der Waals surface area (Å²) in [6.45, 7) is 7.09. The second-order valence-corrected chi connectivity index (χ2v) is 6.15. The van der Waals surface area contributed by atoms with Crippen molar-refractivity contribution in [2.45, 2.75) is 52.9 Å². The van der Waals surface area contributed by atoms with Gasteiger partial charge in [-0.15, -0.1) is 0 Å². The predicted molar refractivity (Wildman–Crippen MR) is 93.1 cm³/mol. The van der Waals surface area contributed by atoms with Gasteiger partial charge in [0.2, 0.25) is 5.91 Å². The molecule has 1 heterocycles. The summed E-state index contributed by atoms with van der Waals surface area (Å²) in [5.41, 5.74) is 3.71. The molecule has 1 aromatic carbocycles. The highest BCUT2D eigenvalue weighted by Gasteiger charge is 2.15. The minimum atomic E-state index is 0.171. The SMILES string of the molecule is CCCCC(CC)C(=O)NCCc1c[nH]c2ccc(C)cc12. The largest absolute Gasteiger partial charge is 0.361 e. The molecule has 1 atom stereocenters. The van der Waals surface area contributed by atoms with Crippen LogP contribution in [0.25, 0.3) is 10.9 Å². The molecule has 2 N–H and O–H groups in total. The van der Waals surface area contributed by atoms with Gasteiger partial charge in [-0.1, -0.05) is 38.3 Å². The zero-order valence-electron chi connectivity index (χ0n) is 14.0. The summed E-state index contributed by atoms with van der Waals surface area (Å²) in [6.07, 6.45) is 7.15. The van der Waals surface area contributed by atoms with E-state index in [0.29, 0.717) is 6.54 Å². The normalized spacial score (nSPS) is 12.5. The van der Waals surface area contributed by atoms with E-state index in [1.54, 1.807) is 0 Å². The highest BCUT2D eigenvalue weighted by Crippen LogP contribution is 2.20. The number of carbonyl (C=O) groups excluding carboxylic acids is 1. The standard InChI is InChI=1S/C19H28N2O/c1-4-6-7-15(5-2)19(22)20-11-10-16-13-21-18-9-8-14(3)12-17(16)18/h8-9,12-13,15,21H,4-7,10-11H2,1-3H3,(H,20,22). The third kappa shape index (κ3) is 4.12. The predicted octanol–water partition coefficient (Wildman–Crippen LogP) is 4.35. The lowest BCUT2D eigenvalue weighted by molar-refractivity contribution is -0.125. The summed E-state index contributed by atoms with van der Waals surface area (Å²) in [7, 11) is 0. The van der Waals surface area contributed by atoms with Crippen molar-refractivity contribution in [1.82, 2.24) is 10.3 Å². The van der Waals surface area contributed by atoms with Crippen LogP contribution < -0.4 is 5.32 Å². The number of aryl methyl sites for hydroxylation is 1. The van der Waals surface area contributed by atoms with Gasteiger partial charge in [0.15, 0.2) is 0 Å². The summed E-state index contributed by atoms with van der Waals surface area (Å²) < 4.78 is 0. The minimum Gasteiger partial charge on any atom is -0.361 e. The van der Waals surface area contributed by atoms with Gasteiger partial charge < -0.3 is 10.3 Å². The molecule has 22 heavy (non-hydrogen) atoms. The van der Waals surface area contributed by atoms with E-state index in [-0.39, 0.29) is 11.8 Å². The molecule has 0 saturated carbocycles. The number of benzene rings is 1. The van der Waals surface area contributed by atoms with Gasteiger partial charge in [-0.3, -0.25) is 4.79 Å². The Kier molecular flexibility index (Phi) is 6.05. The number of unbranched alkanes of at least 4 members (excludes halogenated alkanes) is 1. The van der Waals surface area contributed by atoms with Crippen molar-refractivity contribution in [2.24, 2.45) is 5.92 Å². The summed E-state index contributed by atoms with van der Waals surface area (Å²) in [4.78, 5) is 15.5. The lowest BCUT2D eigenvalue weighted by Crippen LogP contribution is -2.32. The van der Waals surface area contributed by atoms with Gasteiger partial charge in [-0.25, -0.2) is 0 Å². The van der Waals surface area contributed by atoms with Crippen molar-refractivity contribution in [2.75, 3.05) is 6.54 Å². The topological polar surface area (TPSA) is 44.9 Å². The van der Waals surface area contributed by atoms with Gasteiger partial charge in [-0.2, -0.15) is 0 Å². The summed E-state index contributed by atoms with van der Waals surface area (Å²) in [5, 5.41) is 4.38. The molecule has 3 nitrogen and oxygen atoms in total. The van der Waals surface area contributed by atoms with E-state index in [1.165, 1.54) is 22.0 Å². The summed E-state index contributed by atoms with van der Waals surface area (Å²) >= 11 is 0. The van der Waals surface area contributed by atoms with Crippen LogP contribution in [0.5, 0.6) is 0 Å². The first-order chi connectivity index (χ1) is 10.7. The van der Waals surface area contributed by atoms with Gasteiger partial charge in [0.05, 0.1) is 0 Å². The van der Waals surface area contributed by atoms with Crippen LogP contribution in [-0.2, 0) is 11.2 Å². The number of nitrogens with one attached hydrogen (secondary N) is 2. The Morgan fingerprint density at radius 3 is 2.86 bits per heavy atom. The number of aromatic amines is 1. The van der Waals surface area contributed by atoms with E-state index in [1.807, 2.05) is 0 Å². The van der Waals surface area contributed by atoms with E-state index >= 15 is 0 Å². The molecule has 0 saturated heterocycles. The lowest BCUT2D eigenvalue weighted by atomic mass is 9.98. The Labute approximate surface area is 133 Å². The molecule has 0 aliphatic carbocycles. The van der Waals surface area contributed by atoms with E-state index < -0.39 is 0 Å². The van der Waals surface area contributed by atoms with Gasteiger partial charge >= 0.3 is 0 Å². The molecule has 1 unspecified atom stereocenters. The fourth-order valence-corrected chi connectivity index (χ4v) is 2.93. The van der Waals surface area contributed by atoms with Crippen molar-refractivity contribution in [1.29, 1.82) is 0 Å². The second-order valence-electron chi connectivity index (χ2n) is 6.15. The average Bonchev–Trinajstić information content (AvgIpc) is 2.90. The number of carbonyl (C=O) groups is 1. The first kappa shape index (κ1) is 16.6. The minimum absolute atomic E-state index is 0.171. The number of rotatable bonds is 8. The van der Waals surface area contributed by atoms with E-state index in [2.05, 4.69) is 55.5 Å². The zero-order chi connectivity index (χ0) is 15.9. The second kappa shape index (κ2) is 8.02. The fraction of sp³-hybridized carbons (Fsp3) is 0.526. The Balaban J connectivity index is 1.89. The number of hydrogen-bond acceptors (Lipinski definition) is 1. The quantitative estimate of drug-likeness (QED) is 0.748. The van der Waals surface area contributed by atoms with Crippen LogP contribution in [0.2, 0.25) is 0 Å². The van der Waals surface area contributed by atoms with Crippen molar-refractivity contribution in [3.05, 3.63) is 35.5 Å². The number of hydrogen-bond donors (Lipinski definition) is 2. The molecular weight excluding hydrogens is 272 g/mol. The highest BCUT2D eigenvalue weighted by atomic mass is 16.1. The molecule has 1 amide bonds. The molecule has 3 heteroatoms. The van der Waals surface area contributed by atoms with Gasteiger partial charge in [0.25, 0.3) is 0 Å². The molecule has 0 aliphatic rings. The number of fused-ring (bicyclic) bond motifs is 1. The fourth-order valence-electron chi connectivity index (χ4n) is 2.93. The lowest BCUT2D eigenvalue weighted by Gasteiger charge is -2.14. The zero-order valence-corrected chi connectivity index (χ0v) is 14.0. The molecule has 2 rings (SSSR count). The Hall–Kier alpha value is -1.77. The van der Waals surface area contributed by atoms with Crippen molar-refractivity contribution in [3.8, 4) is 0 Å². The third-order valence-electron chi connectivity index (χ3n) is 4.39. The molecule has 2 aromatic rings. The molecule has 0 aliphatic heterocycles. The maximum Gasteiger partial charge on any atom is 0.223 e. The summed E-state index contributed by atoms with van der Waals surface area (Å²) in [6, 6.07) is 6.44. The van der Waals surface area contributed by atoms with Crippen LogP contribution in [-0.4, -0.2) is 17.4 Å². The number of amides is 1. The summed E-state index contributed by atoms with van der Waals surface area (Å²) in [5.74, 6) is 0.386. The highest BCUT2D eigenvalue weighted by molar-refractivity contribution is 5.84.